The summed E-state index contributed by atoms with van der Waals surface area (Å²) >= 11 is 0. The lowest BCUT2D eigenvalue weighted by Crippen LogP contribution is -2.44. The van der Waals surface area contributed by atoms with Gasteiger partial charge in [-0.05, 0) is 69.0 Å². The van der Waals surface area contributed by atoms with Crippen LogP contribution in [0.5, 0.6) is 5.75 Å². The van der Waals surface area contributed by atoms with E-state index >= 15 is 0 Å². The van der Waals surface area contributed by atoms with Crippen LogP contribution in [0.3, 0.4) is 0 Å². The van der Waals surface area contributed by atoms with Crippen LogP contribution in [0.4, 0.5) is 4.79 Å². The van der Waals surface area contributed by atoms with Crippen LogP contribution < -0.4 is 4.74 Å². The van der Waals surface area contributed by atoms with E-state index < -0.39 is 5.60 Å². The van der Waals surface area contributed by atoms with Gasteiger partial charge in [-0.15, -0.1) is 0 Å². The first kappa shape index (κ1) is 23.1. The van der Waals surface area contributed by atoms with Crippen LogP contribution in [0.1, 0.15) is 56.8 Å². The molecule has 2 amide bonds. The minimum Gasteiger partial charge on any atom is -0.490 e. The SMILES string of the molecule is CC(C)(C)OC(=O)N1CCC(Oc2ccc(-c3ccc(C(=O)N4CCCC4)cc3)cc2)CC1. The predicted octanol–water partition coefficient (Wildman–Crippen LogP) is 5.37. The summed E-state index contributed by atoms with van der Waals surface area (Å²) < 4.78 is 11.6. The van der Waals surface area contributed by atoms with E-state index in [1.165, 1.54) is 0 Å². The van der Waals surface area contributed by atoms with Crippen molar-refractivity contribution >= 4 is 12.0 Å². The maximum Gasteiger partial charge on any atom is 0.410 e. The van der Waals surface area contributed by atoms with E-state index in [-0.39, 0.29) is 18.1 Å². The molecule has 2 aromatic carbocycles. The average molecular weight is 451 g/mol. The van der Waals surface area contributed by atoms with Gasteiger partial charge in [0.15, 0.2) is 0 Å². The highest BCUT2D eigenvalue weighted by molar-refractivity contribution is 5.94. The number of rotatable bonds is 4. The number of benzene rings is 2. The molecule has 0 spiro atoms. The van der Waals surface area contributed by atoms with Gasteiger partial charge in [0, 0.05) is 44.6 Å². The Labute approximate surface area is 196 Å². The lowest BCUT2D eigenvalue weighted by molar-refractivity contribution is 0.0126. The second-order valence-electron chi connectivity index (χ2n) is 9.89. The van der Waals surface area contributed by atoms with E-state index in [1.807, 2.05) is 74.2 Å². The number of piperidine rings is 1. The molecule has 33 heavy (non-hydrogen) atoms. The van der Waals surface area contributed by atoms with E-state index in [1.54, 1.807) is 4.90 Å². The van der Waals surface area contributed by atoms with Crippen molar-refractivity contribution in [2.45, 2.75) is 58.2 Å². The van der Waals surface area contributed by atoms with E-state index in [9.17, 15) is 9.59 Å². The Morgan fingerprint density at radius 2 is 1.33 bits per heavy atom. The molecule has 2 saturated heterocycles. The average Bonchev–Trinajstić information content (AvgIpc) is 3.34. The highest BCUT2D eigenvalue weighted by Crippen LogP contribution is 2.26. The molecule has 0 aliphatic carbocycles. The maximum atomic E-state index is 12.5. The zero-order valence-corrected chi connectivity index (χ0v) is 19.9. The van der Waals surface area contributed by atoms with Crippen molar-refractivity contribution in [1.29, 1.82) is 0 Å². The molecule has 2 aliphatic rings. The summed E-state index contributed by atoms with van der Waals surface area (Å²) in [5.74, 6) is 0.954. The third kappa shape index (κ3) is 6.06. The second-order valence-corrected chi connectivity index (χ2v) is 9.89. The number of hydrogen-bond donors (Lipinski definition) is 0. The van der Waals surface area contributed by atoms with Crippen LogP contribution in [-0.4, -0.2) is 59.7 Å². The quantitative estimate of drug-likeness (QED) is 0.629. The molecule has 2 aromatic rings. The molecule has 0 bridgehead atoms. The summed E-state index contributed by atoms with van der Waals surface area (Å²) in [6, 6.07) is 15.9. The third-order valence-electron chi connectivity index (χ3n) is 6.11. The molecule has 0 saturated carbocycles. The Morgan fingerprint density at radius 1 is 0.788 bits per heavy atom. The zero-order chi connectivity index (χ0) is 23.4. The largest absolute Gasteiger partial charge is 0.490 e. The molecule has 2 heterocycles. The highest BCUT2D eigenvalue weighted by Gasteiger charge is 2.27. The molecule has 0 radical (unpaired) electrons. The minimum absolute atomic E-state index is 0.0884. The molecular weight excluding hydrogens is 416 g/mol. The van der Waals surface area contributed by atoms with Gasteiger partial charge in [0.2, 0.25) is 0 Å². The van der Waals surface area contributed by atoms with Crippen LogP contribution in [0.25, 0.3) is 11.1 Å². The summed E-state index contributed by atoms with van der Waals surface area (Å²) in [4.78, 5) is 28.4. The number of hydrogen-bond acceptors (Lipinski definition) is 4. The molecular formula is C27H34N2O4. The number of ether oxygens (including phenoxy) is 2. The van der Waals surface area contributed by atoms with Gasteiger partial charge in [0.25, 0.3) is 5.91 Å². The number of amides is 2. The first-order chi connectivity index (χ1) is 15.8. The van der Waals surface area contributed by atoms with Gasteiger partial charge >= 0.3 is 6.09 Å². The van der Waals surface area contributed by atoms with Gasteiger partial charge in [-0.3, -0.25) is 4.79 Å². The number of carbonyl (C=O) groups is 2. The van der Waals surface area contributed by atoms with Gasteiger partial charge in [0.05, 0.1) is 0 Å². The van der Waals surface area contributed by atoms with Gasteiger partial charge in [-0.1, -0.05) is 24.3 Å². The Balaban J connectivity index is 1.29. The van der Waals surface area contributed by atoms with Crippen molar-refractivity contribution in [2.75, 3.05) is 26.2 Å². The monoisotopic (exact) mass is 450 g/mol. The Morgan fingerprint density at radius 3 is 1.88 bits per heavy atom. The Kier molecular flexibility index (Phi) is 6.91. The van der Waals surface area contributed by atoms with Crippen LogP contribution in [0, 0.1) is 0 Å². The maximum absolute atomic E-state index is 12.5. The van der Waals surface area contributed by atoms with Crippen LogP contribution in [-0.2, 0) is 4.74 Å². The van der Waals surface area contributed by atoms with Gasteiger partial charge < -0.3 is 19.3 Å². The van der Waals surface area contributed by atoms with E-state index in [2.05, 4.69) is 0 Å². The zero-order valence-electron chi connectivity index (χ0n) is 19.9. The van der Waals surface area contributed by atoms with Crippen molar-refractivity contribution in [3.8, 4) is 16.9 Å². The van der Waals surface area contributed by atoms with Gasteiger partial charge in [-0.25, -0.2) is 4.79 Å². The Bertz CT molecular complexity index is 949. The molecule has 0 N–H and O–H groups in total. The van der Waals surface area contributed by atoms with Crippen molar-refractivity contribution in [2.24, 2.45) is 0 Å². The van der Waals surface area contributed by atoms with E-state index in [0.717, 1.165) is 61.2 Å². The lowest BCUT2D eigenvalue weighted by atomic mass is 10.0. The van der Waals surface area contributed by atoms with Gasteiger partial charge in [-0.2, -0.15) is 0 Å². The summed E-state index contributed by atoms with van der Waals surface area (Å²) in [7, 11) is 0. The summed E-state index contributed by atoms with van der Waals surface area (Å²) in [5, 5.41) is 0. The fourth-order valence-electron chi connectivity index (χ4n) is 4.31. The fourth-order valence-corrected chi connectivity index (χ4v) is 4.31. The molecule has 4 rings (SSSR count). The first-order valence-electron chi connectivity index (χ1n) is 11.9. The van der Waals surface area contributed by atoms with Crippen LogP contribution in [0.2, 0.25) is 0 Å². The smallest absolute Gasteiger partial charge is 0.410 e. The first-order valence-corrected chi connectivity index (χ1v) is 11.9. The number of carbonyl (C=O) groups excluding carboxylic acids is 2. The Hall–Kier alpha value is -3.02. The molecule has 2 fully saturated rings. The molecule has 0 unspecified atom stereocenters. The summed E-state index contributed by atoms with van der Waals surface area (Å²) in [6.07, 6.45) is 3.60. The number of likely N-dealkylation sites (tertiary alicyclic amines) is 2. The minimum atomic E-state index is -0.476. The molecule has 0 atom stereocenters. The molecule has 2 aliphatic heterocycles. The molecule has 6 heteroatoms. The van der Waals surface area contributed by atoms with Crippen LogP contribution >= 0.6 is 0 Å². The van der Waals surface area contributed by atoms with Crippen molar-refractivity contribution < 1.29 is 19.1 Å². The second kappa shape index (κ2) is 9.86. The van der Waals surface area contributed by atoms with Crippen molar-refractivity contribution in [3.63, 3.8) is 0 Å². The van der Waals surface area contributed by atoms with Crippen molar-refractivity contribution in [3.05, 3.63) is 54.1 Å². The number of nitrogens with zero attached hydrogens (tertiary/aromatic N) is 2. The normalized spacial score (nSPS) is 17.2. The fraction of sp³-hybridized carbons (Fsp3) is 0.481. The summed E-state index contributed by atoms with van der Waals surface area (Å²) in [6.45, 7) is 8.65. The van der Waals surface area contributed by atoms with E-state index in [0.29, 0.717) is 13.1 Å². The predicted molar refractivity (Wildman–Crippen MR) is 128 cm³/mol. The standard InChI is InChI=1S/C27H34N2O4/c1-27(2,3)33-26(31)29-18-14-24(15-19-29)32-23-12-10-21(11-13-23)20-6-8-22(9-7-20)25(30)28-16-4-5-17-28/h6-13,24H,4-5,14-19H2,1-3H3. The molecule has 6 nitrogen and oxygen atoms in total. The third-order valence-corrected chi connectivity index (χ3v) is 6.11. The molecule has 0 aromatic heterocycles. The van der Waals surface area contributed by atoms with E-state index in [4.69, 9.17) is 9.47 Å². The lowest BCUT2D eigenvalue weighted by Gasteiger charge is -2.33. The highest BCUT2D eigenvalue weighted by atomic mass is 16.6. The van der Waals surface area contributed by atoms with Crippen molar-refractivity contribution in [1.82, 2.24) is 9.80 Å². The summed E-state index contributed by atoms with van der Waals surface area (Å²) in [5.41, 5.74) is 2.43. The molecule has 176 valence electrons. The van der Waals surface area contributed by atoms with Crippen LogP contribution in [0.15, 0.2) is 48.5 Å². The van der Waals surface area contributed by atoms with Gasteiger partial charge in [0.1, 0.15) is 17.5 Å². The topological polar surface area (TPSA) is 59.1 Å².